The molecule has 3 heterocycles. The van der Waals surface area contributed by atoms with Crippen molar-refractivity contribution in [3.8, 4) is 56.4 Å². The van der Waals surface area contributed by atoms with E-state index in [4.69, 9.17) is 15.0 Å². The summed E-state index contributed by atoms with van der Waals surface area (Å²) in [4.78, 5) is 15.0. The normalized spacial score (nSPS) is 11.6. The molecule has 0 N–H and O–H groups in total. The van der Waals surface area contributed by atoms with Gasteiger partial charge in [0.1, 0.15) is 0 Å². The van der Waals surface area contributed by atoms with Gasteiger partial charge in [-0.1, -0.05) is 140 Å². The van der Waals surface area contributed by atoms with Gasteiger partial charge in [-0.2, -0.15) is 0 Å². The molecule has 10 rings (SSSR count). The van der Waals surface area contributed by atoms with E-state index in [1.54, 1.807) is 0 Å². The zero-order chi connectivity index (χ0) is 33.0. The van der Waals surface area contributed by atoms with Gasteiger partial charge in [-0.3, -0.25) is 0 Å². The zero-order valence-corrected chi connectivity index (χ0v) is 28.4. The van der Waals surface area contributed by atoms with Crippen LogP contribution in [0.15, 0.2) is 164 Å². The maximum atomic E-state index is 5.05. The van der Waals surface area contributed by atoms with Gasteiger partial charge in [-0.15, -0.1) is 22.7 Å². The van der Waals surface area contributed by atoms with Crippen LogP contribution < -0.4 is 0 Å². The Balaban J connectivity index is 1.05. The number of rotatable bonds is 5. The van der Waals surface area contributed by atoms with E-state index < -0.39 is 0 Å². The average molecular weight is 674 g/mol. The SMILES string of the molecule is c1ccc(-c2nc(-c3ccc(-c4cccc5sc6ccccc6c45)cc3)nc(-c3ccc(-c4cccc5sc6ccccc6c45)cc3)n2)cc1. The Morgan fingerprint density at radius 1 is 0.280 bits per heavy atom. The van der Waals surface area contributed by atoms with E-state index in [1.807, 2.05) is 53.0 Å². The summed E-state index contributed by atoms with van der Waals surface area (Å²) in [6, 6.07) is 57.9. The molecule has 0 amide bonds. The van der Waals surface area contributed by atoms with Crippen LogP contribution in [-0.4, -0.2) is 15.0 Å². The Hall–Kier alpha value is -6.01. The Labute approximate surface area is 296 Å². The van der Waals surface area contributed by atoms with Gasteiger partial charge in [0.25, 0.3) is 0 Å². The van der Waals surface area contributed by atoms with Crippen molar-refractivity contribution in [2.45, 2.75) is 0 Å². The minimum atomic E-state index is 0.651. The summed E-state index contributed by atoms with van der Waals surface area (Å²) in [6.07, 6.45) is 0. The molecular weight excluding hydrogens is 647 g/mol. The maximum absolute atomic E-state index is 5.05. The molecular formula is C45H27N3S2. The van der Waals surface area contributed by atoms with Gasteiger partial charge in [0.15, 0.2) is 17.5 Å². The first-order chi connectivity index (χ1) is 24.8. The molecule has 0 aliphatic heterocycles. The average Bonchev–Trinajstić information content (AvgIpc) is 3.77. The standard InChI is InChI=1S/C45H27N3S2/c1-2-10-30(11-3-1)43-46-44(31-24-20-28(21-25-31)33-14-8-18-39-41(33)35-12-4-6-16-37(35)49-39)48-45(47-43)32-26-22-29(23-27-32)34-15-9-19-40-42(34)36-13-5-7-17-38(36)50-40/h1-27H. The van der Waals surface area contributed by atoms with E-state index in [2.05, 4.69) is 133 Å². The number of nitrogens with zero attached hydrogens (tertiary/aromatic N) is 3. The number of benzene rings is 7. The fraction of sp³-hybridized carbons (Fsp3) is 0. The highest BCUT2D eigenvalue weighted by atomic mass is 32.1. The Kier molecular flexibility index (Phi) is 6.86. The minimum Gasteiger partial charge on any atom is -0.208 e. The van der Waals surface area contributed by atoms with E-state index in [9.17, 15) is 0 Å². The summed E-state index contributed by atoms with van der Waals surface area (Å²) >= 11 is 3.69. The van der Waals surface area contributed by atoms with Crippen LogP contribution in [0.4, 0.5) is 0 Å². The Bertz CT molecular complexity index is 2680. The van der Waals surface area contributed by atoms with E-state index >= 15 is 0 Å². The highest BCUT2D eigenvalue weighted by molar-refractivity contribution is 7.26. The highest BCUT2D eigenvalue weighted by Gasteiger charge is 2.16. The summed E-state index contributed by atoms with van der Waals surface area (Å²) in [5, 5.41) is 5.21. The van der Waals surface area contributed by atoms with Crippen LogP contribution in [0.5, 0.6) is 0 Å². The fourth-order valence-electron chi connectivity index (χ4n) is 6.98. The molecule has 0 radical (unpaired) electrons. The van der Waals surface area contributed by atoms with Crippen molar-refractivity contribution in [3.63, 3.8) is 0 Å². The largest absolute Gasteiger partial charge is 0.208 e. The molecule has 3 aromatic heterocycles. The van der Waals surface area contributed by atoms with E-state index in [1.165, 1.54) is 62.6 Å². The van der Waals surface area contributed by atoms with Gasteiger partial charge in [-0.05, 0) is 46.5 Å². The lowest BCUT2D eigenvalue weighted by molar-refractivity contribution is 1.07. The van der Waals surface area contributed by atoms with Gasteiger partial charge in [-0.25, -0.2) is 15.0 Å². The topological polar surface area (TPSA) is 38.7 Å². The lowest BCUT2D eigenvalue weighted by Crippen LogP contribution is -2.00. The molecule has 0 atom stereocenters. The quantitative estimate of drug-likeness (QED) is 0.182. The predicted molar refractivity (Wildman–Crippen MR) is 213 cm³/mol. The van der Waals surface area contributed by atoms with Crippen LogP contribution in [0.1, 0.15) is 0 Å². The van der Waals surface area contributed by atoms with E-state index in [0.717, 1.165) is 16.7 Å². The van der Waals surface area contributed by atoms with Crippen molar-refractivity contribution < 1.29 is 0 Å². The number of fused-ring (bicyclic) bond motifs is 6. The third-order valence-electron chi connectivity index (χ3n) is 9.38. The van der Waals surface area contributed by atoms with Gasteiger partial charge < -0.3 is 0 Å². The highest BCUT2D eigenvalue weighted by Crippen LogP contribution is 2.41. The summed E-state index contributed by atoms with van der Waals surface area (Å²) < 4.78 is 5.22. The fourth-order valence-corrected chi connectivity index (χ4v) is 9.24. The molecule has 0 fully saturated rings. The second-order valence-electron chi connectivity index (χ2n) is 12.4. The minimum absolute atomic E-state index is 0.651. The third kappa shape index (κ3) is 4.90. The van der Waals surface area contributed by atoms with E-state index in [-0.39, 0.29) is 0 Å². The first kappa shape index (κ1) is 29.0. The van der Waals surface area contributed by atoms with Crippen LogP contribution in [0.2, 0.25) is 0 Å². The molecule has 0 saturated carbocycles. The molecule has 0 unspecified atom stereocenters. The molecule has 50 heavy (non-hydrogen) atoms. The van der Waals surface area contributed by atoms with E-state index in [0.29, 0.717) is 17.5 Å². The summed E-state index contributed by atoms with van der Waals surface area (Å²) in [6.45, 7) is 0. The van der Waals surface area contributed by atoms with Crippen LogP contribution in [0, 0.1) is 0 Å². The van der Waals surface area contributed by atoms with Crippen LogP contribution in [0.3, 0.4) is 0 Å². The second kappa shape index (κ2) is 11.8. The maximum Gasteiger partial charge on any atom is 0.164 e. The number of hydrogen-bond donors (Lipinski definition) is 0. The monoisotopic (exact) mass is 673 g/mol. The van der Waals surface area contributed by atoms with Crippen LogP contribution >= 0.6 is 22.7 Å². The molecule has 0 saturated heterocycles. The van der Waals surface area contributed by atoms with Crippen molar-refractivity contribution >= 4 is 63.0 Å². The molecule has 0 aliphatic rings. The molecule has 5 heteroatoms. The van der Waals surface area contributed by atoms with Crippen LogP contribution in [0.25, 0.3) is 96.8 Å². The summed E-state index contributed by atoms with van der Waals surface area (Å²) in [5.74, 6) is 1.96. The first-order valence-electron chi connectivity index (χ1n) is 16.6. The predicted octanol–water partition coefficient (Wildman–Crippen LogP) is 12.9. The molecule has 234 valence electrons. The molecule has 0 bridgehead atoms. The van der Waals surface area contributed by atoms with Crippen molar-refractivity contribution in [2.24, 2.45) is 0 Å². The molecule has 0 spiro atoms. The second-order valence-corrected chi connectivity index (χ2v) is 14.5. The zero-order valence-electron chi connectivity index (χ0n) is 26.7. The molecule has 3 nitrogen and oxygen atoms in total. The molecule has 7 aromatic carbocycles. The third-order valence-corrected chi connectivity index (χ3v) is 11.7. The Morgan fingerprint density at radius 3 is 1.10 bits per heavy atom. The van der Waals surface area contributed by atoms with Crippen molar-refractivity contribution in [1.82, 2.24) is 15.0 Å². The molecule has 0 aliphatic carbocycles. The summed E-state index contributed by atoms with van der Waals surface area (Å²) in [5.41, 5.74) is 7.67. The first-order valence-corrected chi connectivity index (χ1v) is 18.2. The smallest absolute Gasteiger partial charge is 0.164 e. The van der Waals surface area contributed by atoms with Crippen molar-refractivity contribution in [3.05, 3.63) is 164 Å². The number of hydrogen-bond acceptors (Lipinski definition) is 5. The van der Waals surface area contributed by atoms with Gasteiger partial charge in [0.05, 0.1) is 0 Å². The lowest BCUT2D eigenvalue weighted by Gasteiger charge is -2.10. The molecule has 10 aromatic rings. The lowest BCUT2D eigenvalue weighted by atomic mass is 9.98. The van der Waals surface area contributed by atoms with Gasteiger partial charge in [0, 0.05) is 57.0 Å². The number of aromatic nitrogens is 3. The van der Waals surface area contributed by atoms with Crippen LogP contribution in [-0.2, 0) is 0 Å². The van der Waals surface area contributed by atoms with Gasteiger partial charge in [0.2, 0.25) is 0 Å². The van der Waals surface area contributed by atoms with Crippen molar-refractivity contribution in [1.29, 1.82) is 0 Å². The Morgan fingerprint density at radius 2 is 0.640 bits per heavy atom. The van der Waals surface area contributed by atoms with Crippen molar-refractivity contribution in [2.75, 3.05) is 0 Å². The number of thiophene rings is 2. The van der Waals surface area contributed by atoms with Gasteiger partial charge >= 0.3 is 0 Å². The summed E-state index contributed by atoms with van der Waals surface area (Å²) in [7, 11) is 0.